The van der Waals surface area contributed by atoms with Gasteiger partial charge in [-0.1, -0.05) is 6.07 Å². The third kappa shape index (κ3) is 4.66. The molecule has 2 aromatic rings. The first-order valence-electron chi connectivity index (χ1n) is 6.74. The van der Waals surface area contributed by atoms with E-state index in [4.69, 9.17) is 4.18 Å². The number of nitrogens with one attached hydrogen (secondary N) is 1. The molecular weight excluding hydrogens is 344 g/mol. The number of ether oxygens (including phenoxy) is 1. The first kappa shape index (κ1) is 17.7. The number of amides is 1. The molecule has 0 saturated heterocycles. The van der Waals surface area contributed by atoms with Crippen molar-refractivity contribution in [2.75, 3.05) is 11.9 Å². The van der Waals surface area contributed by atoms with E-state index in [1.54, 1.807) is 6.92 Å². The first-order valence-corrected chi connectivity index (χ1v) is 8.15. The summed E-state index contributed by atoms with van der Waals surface area (Å²) in [7, 11) is -4.44. The molecule has 0 radical (unpaired) electrons. The van der Waals surface area contributed by atoms with Crippen molar-refractivity contribution in [3.05, 3.63) is 54.1 Å². The van der Waals surface area contributed by atoms with Gasteiger partial charge in [0.25, 0.3) is 0 Å². The second-order valence-corrected chi connectivity index (χ2v) is 6.06. The molecule has 0 atom stereocenters. The number of hydrogen-bond donors (Lipinski definition) is 1. The van der Waals surface area contributed by atoms with Gasteiger partial charge in [0, 0.05) is 17.8 Å². The van der Waals surface area contributed by atoms with Crippen molar-refractivity contribution < 1.29 is 30.9 Å². The predicted molar refractivity (Wildman–Crippen MR) is 81.3 cm³/mol. The van der Waals surface area contributed by atoms with Gasteiger partial charge in [-0.2, -0.15) is 8.42 Å². The third-order valence-corrected chi connectivity index (χ3v) is 3.91. The fourth-order valence-corrected chi connectivity index (χ4v) is 2.73. The zero-order chi connectivity index (χ0) is 17.7. The van der Waals surface area contributed by atoms with Crippen LogP contribution in [0, 0.1) is 11.6 Å². The molecular formula is C15H13F2NO5S. The Morgan fingerprint density at radius 2 is 1.79 bits per heavy atom. The lowest BCUT2D eigenvalue weighted by molar-refractivity contribution is 0.168. The highest BCUT2D eigenvalue weighted by atomic mass is 32.2. The fraction of sp³-hybridized carbons (Fsp3) is 0.133. The summed E-state index contributed by atoms with van der Waals surface area (Å²) in [4.78, 5) is 10.7. The van der Waals surface area contributed by atoms with Crippen molar-refractivity contribution >= 4 is 21.9 Å². The number of anilines is 1. The van der Waals surface area contributed by atoms with Crippen LogP contribution >= 0.6 is 0 Å². The normalized spacial score (nSPS) is 11.0. The van der Waals surface area contributed by atoms with Gasteiger partial charge in [-0.15, -0.1) is 0 Å². The quantitative estimate of drug-likeness (QED) is 0.831. The van der Waals surface area contributed by atoms with Gasteiger partial charge >= 0.3 is 16.2 Å². The highest BCUT2D eigenvalue weighted by Crippen LogP contribution is 2.23. The lowest BCUT2D eigenvalue weighted by Gasteiger charge is -2.09. The molecule has 0 saturated carbocycles. The van der Waals surface area contributed by atoms with E-state index < -0.39 is 32.7 Å². The maximum absolute atomic E-state index is 13.2. The summed E-state index contributed by atoms with van der Waals surface area (Å²) in [6.07, 6.45) is -0.718. The van der Waals surface area contributed by atoms with E-state index in [1.807, 2.05) is 0 Å². The Bertz CT molecular complexity index is 834. The monoisotopic (exact) mass is 357 g/mol. The summed E-state index contributed by atoms with van der Waals surface area (Å²) in [5.41, 5.74) is 0.228. The Hall–Kier alpha value is -2.68. The van der Waals surface area contributed by atoms with Crippen LogP contribution in [-0.4, -0.2) is 21.1 Å². The molecule has 1 amide bonds. The van der Waals surface area contributed by atoms with Crippen LogP contribution in [0.15, 0.2) is 47.4 Å². The van der Waals surface area contributed by atoms with Gasteiger partial charge in [0.1, 0.15) is 22.3 Å². The van der Waals surface area contributed by atoms with Crippen LogP contribution in [0.3, 0.4) is 0 Å². The summed E-state index contributed by atoms with van der Waals surface area (Å²) in [6, 6.07) is 7.27. The number of benzene rings is 2. The van der Waals surface area contributed by atoms with Gasteiger partial charge in [0.05, 0.1) is 6.61 Å². The number of hydrogen-bond acceptors (Lipinski definition) is 5. The SMILES string of the molecule is CCOC(=O)Nc1cccc(OS(=O)(=O)c2cc(F)cc(F)c2)c1. The average Bonchev–Trinajstić information content (AvgIpc) is 2.46. The van der Waals surface area contributed by atoms with Crippen LogP contribution in [0.4, 0.5) is 19.3 Å². The molecule has 0 aromatic heterocycles. The van der Waals surface area contributed by atoms with Gasteiger partial charge in [-0.3, -0.25) is 5.32 Å². The Balaban J connectivity index is 2.22. The van der Waals surface area contributed by atoms with E-state index in [-0.39, 0.29) is 18.0 Å². The maximum Gasteiger partial charge on any atom is 0.411 e. The van der Waals surface area contributed by atoms with Crippen LogP contribution in [0.25, 0.3) is 0 Å². The predicted octanol–water partition coefficient (Wildman–Crippen LogP) is 3.30. The van der Waals surface area contributed by atoms with E-state index >= 15 is 0 Å². The molecule has 0 aliphatic rings. The van der Waals surface area contributed by atoms with Crippen molar-refractivity contribution in [2.24, 2.45) is 0 Å². The molecule has 6 nitrogen and oxygen atoms in total. The van der Waals surface area contributed by atoms with E-state index in [0.29, 0.717) is 18.2 Å². The van der Waals surface area contributed by atoms with E-state index in [9.17, 15) is 22.0 Å². The minimum Gasteiger partial charge on any atom is -0.450 e. The lowest BCUT2D eigenvalue weighted by atomic mass is 10.3. The van der Waals surface area contributed by atoms with Crippen molar-refractivity contribution in [3.63, 3.8) is 0 Å². The van der Waals surface area contributed by atoms with Gasteiger partial charge in [-0.05, 0) is 31.2 Å². The molecule has 1 N–H and O–H groups in total. The fourth-order valence-electron chi connectivity index (χ4n) is 1.76. The second kappa shape index (κ2) is 7.26. The van der Waals surface area contributed by atoms with E-state index in [0.717, 1.165) is 0 Å². The topological polar surface area (TPSA) is 81.7 Å². The molecule has 0 fully saturated rings. The van der Waals surface area contributed by atoms with E-state index in [2.05, 4.69) is 10.1 Å². The molecule has 0 aliphatic carbocycles. The molecule has 0 heterocycles. The summed E-state index contributed by atoms with van der Waals surface area (Å²) < 4.78 is 60.0. The number of carbonyl (C=O) groups is 1. The minimum absolute atomic E-state index is 0.144. The highest BCUT2D eigenvalue weighted by molar-refractivity contribution is 7.87. The van der Waals surface area contributed by atoms with Crippen molar-refractivity contribution in [1.29, 1.82) is 0 Å². The minimum atomic E-state index is -4.44. The van der Waals surface area contributed by atoms with Crippen LogP contribution in [0.5, 0.6) is 5.75 Å². The largest absolute Gasteiger partial charge is 0.450 e. The molecule has 9 heteroatoms. The lowest BCUT2D eigenvalue weighted by Crippen LogP contribution is -2.14. The standard InChI is InChI=1S/C15H13F2NO5S/c1-2-22-15(19)18-12-4-3-5-13(9-12)23-24(20,21)14-7-10(16)6-11(17)8-14/h3-9H,2H2,1H3,(H,18,19). The molecule has 0 spiro atoms. The summed E-state index contributed by atoms with van der Waals surface area (Å²) in [6.45, 7) is 1.80. The molecule has 0 bridgehead atoms. The Morgan fingerprint density at radius 1 is 1.12 bits per heavy atom. The van der Waals surface area contributed by atoms with Crippen LogP contribution < -0.4 is 9.50 Å². The number of carbonyl (C=O) groups excluding carboxylic acids is 1. The van der Waals surface area contributed by atoms with Crippen molar-refractivity contribution in [3.8, 4) is 5.75 Å². The summed E-state index contributed by atoms with van der Waals surface area (Å²) in [5, 5.41) is 2.37. The zero-order valence-electron chi connectivity index (χ0n) is 12.5. The van der Waals surface area contributed by atoms with Gasteiger partial charge in [-0.25, -0.2) is 13.6 Å². The van der Waals surface area contributed by atoms with Gasteiger partial charge in [0.15, 0.2) is 0 Å². The maximum atomic E-state index is 13.2. The molecule has 24 heavy (non-hydrogen) atoms. The van der Waals surface area contributed by atoms with Crippen molar-refractivity contribution in [1.82, 2.24) is 0 Å². The first-order chi connectivity index (χ1) is 11.3. The smallest absolute Gasteiger partial charge is 0.411 e. The van der Waals surface area contributed by atoms with E-state index in [1.165, 1.54) is 24.3 Å². The molecule has 128 valence electrons. The Kier molecular flexibility index (Phi) is 5.35. The van der Waals surface area contributed by atoms with Gasteiger partial charge < -0.3 is 8.92 Å². The van der Waals surface area contributed by atoms with Gasteiger partial charge in [0.2, 0.25) is 0 Å². The molecule has 2 aromatic carbocycles. The zero-order valence-corrected chi connectivity index (χ0v) is 13.3. The summed E-state index contributed by atoms with van der Waals surface area (Å²) in [5.74, 6) is -2.24. The number of halogens is 2. The Morgan fingerprint density at radius 3 is 2.42 bits per heavy atom. The third-order valence-electron chi connectivity index (χ3n) is 2.69. The Labute approximate surface area is 137 Å². The molecule has 2 rings (SSSR count). The van der Waals surface area contributed by atoms with Crippen molar-refractivity contribution in [2.45, 2.75) is 11.8 Å². The highest BCUT2D eigenvalue weighted by Gasteiger charge is 2.19. The average molecular weight is 357 g/mol. The number of rotatable bonds is 5. The van der Waals surface area contributed by atoms with Crippen LogP contribution in [0.2, 0.25) is 0 Å². The van der Waals surface area contributed by atoms with Crippen LogP contribution in [0.1, 0.15) is 6.92 Å². The van der Waals surface area contributed by atoms with Crippen LogP contribution in [-0.2, 0) is 14.9 Å². The molecule has 0 aliphatic heterocycles. The summed E-state index contributed by atoms with van der Waals surface area (Å²) >= 11 is 0. The second-order valence-electron chi connectivity index (χ2n) is 4.52. The molecule has 0 unspecified atom stereocenters.